The van der Waals surface area contributed by atoms with Gasteiger partial charge in [0.25, 0.3) is 0 Å². The number of nitrogens with one attached hydrogen (secondary N) is 1. The Hall–Kier alpha value is -0.860. The highest BCUT2D eigenvalue weighted by molar-refractivity contribution is 14.0. The molecule has 0 saturated heterocycles. The minimum absolute atomic E-state index is 0. The third-order valence-corrected chi connectivity index (χ3v) is 2.99. The highest BCUT2D eigenvalue weighted by atomic mass is 127. The van der Waals surface area contributed by atoms with Gasteiger partial charge in [0.2, 0.25) is 0 Å². The number of ether oxygens (including phenoxy) is 2. The van der Waals surface area contributed by atoms with Crippen LogP contribution >= 0.6 is 24.0 Å². The zero-order valence-electron chi connectivity index (χ0n) is 13.7. The Balaban J connectivity index is 0.00000441. The summed E-state index contributed by atoms with van der Waals surface area (Å²) >= 11 is 0. The molecule has 0 spiro atoms. The molecule has 0 saturated carbocycles. The van der Waals surface area contributed by atoms with Crippen molar-refractivity contribution in [2.75, 3.05) is 38.8 Å². The van der Waals surface area contributed by atoms with Crippen LogP contribution in [0.5, 0.6) is 0 Å². The van der Waals surface area contributed by atoms with Crippen LogP contribution in [0.4, 0.5) is 5.69 Å². The number of nitrogens with zero attached hydrogens (tertiary/aromatic N) is 1. The van der Waals surface area contributed by atoms with E-state index in [1.165, 1.54) is 5.56 Å². The van der Waals surface area contributed by atoms with Gasteiger partial charge >= 0.3 is 0 Å². The van der Waals surface area contributed by atoms with Crippen molar-refractivity contribution in [3.8, 4) is 0 Å². The van der Waals surface area contributed by atoms with E-state index in [0.717, 1.165) is 12.1 Å². The fourth-order valence-corrected chi connectivity index (χ4v) is 1.77. The Morgan fingerprint density at radius 2 is 2.05 bits per heavy atom. The lowest BCUT2D eigenvalue weighted by Gasteiger charge is -2.10. The normalized spacial score (nSPS) is 11.4. The largest absolute Gasteiger partial charge is 0.382 e. The van der Waals surface area contributed by atoms with E-state index in [1.807, 2.05) is 12.1 Å². The first-order valence-electron chi connectivity index (χ1n) is 7.37. The van der Waals surface area contributed by atoms with Crippen LogP contribution in [-0.4, -0.2) is 39.4 Å². The summed E-state index contributed by atoms with van der Waals surface area (Å²) in [6.07, 6.45) is 0.845. The molecule has 0 heterocycles. The predicted molar refractivity (Wildman–Crippen MR) is 103 cm³/mol. The first kappa shape index (κ1) is 21.1. The molecule has 0 bridgehead atoms. The van der Waals surface area contributed by atoms with E-state index >= 15 is 0 Å². The van der Waals surface area contributed by atoms with Gasteiger partial charge in [-0.15, -0.1) is 24.0 Å². The van der Waals surface area contributed by atoms with E-state index in [-0.39, 0.29) is 24.0 Å². The number of guanidine groups is 1. The van der Waals surface area contributed by atoms with Crippen molar-refractivity contribution in [3.63, 3.8) is 0 Å². The van der Waals surface area contributed by atoms with Gasteiger partial charge in [-0.3, -0.25) is 4.99 Å². The monoisotopic (exact) mass is 421 g/mol. The number of methoxy groups -OCH3 is 1. The SMILES string of the molecule is COCCOCCCN=C(N)Nc1cccc(C(C)C)c1.I. The number of benzene rings is 1. The highest BCUT2D eigenvalue weighted by Crippen LogP contribution is 2.18. The number of nitrogens with two attached hydrogens (primary N) is 1. The lowest BCUT2D eigenvalue weighted by Crippen LogP contribution is -2.23. The Labute approximate surface area is 150 Å². The molecule has 0 atom stereocenters. The number of aliphatic imine (C=N–C) groups is 1. The van der Waals surface area contributed by atoms with Gasteiger partial charge in [-0.1, -0.05) is 26.0 Å². The highest BCUT2D eigenvalue weighted by Gasteiger charge is 2.01. The zero-order valence-corrected chi connectivity index (χ0v) is 16.0. The molecule has 1 aromatic carbocycles. The Morgan fingerprint density at radius 1 is 1.27 bits per heavy atom. The van der Waals surface area contributed by atoms with Gasteiger partial charge in [-0.05, 0) is 30.0 Å². The quantitative estimate of drug-likeness (QED) is 0.278. The molecule has 22 heavy (non-hydrogen) atoms. The number of hydrogen-bond donors (Lipinski definition) is 2. The van der Waals surface area contributed by atoms with Crippen molar-refractivity contribution in [1.29, 1.82) is 0 Å². The van der Waals surface area contributed by atoms with Crippen LogP contribution < -0.4 is 11.1 Å². The van der Waals surface area contributed by atoms with Gasteiger partial charge in [0, 0.05) is 25.9 Å². The molecule has 6 heteroatoms. The molecule has 0 aliphatic rings. The smallest absolute Gasteiger partial charge is 0.193 e. The summed E-state index contributed by atoms with van der Waals surface area (Å²) in [6.45, 7) is 6.90. The molecule has 0 unspecified atom stereocenters. The Bertz CT molecular complexity index is 439. The van der Waals surface area contributed by atoms with E-state index in [4.69, 9.17) is 15.2 Å². The fraction of sp³-hybridized carbons (Fsp3) is 0.562. The van der Waals surface area contributed by atoms with Crippen LogP contribution in [0.3, 0.4) is 0 Å². The summed E-state index contributed by atoms with van der Waals surface area (Å²) in [6, 6.07) is 8.22. The second-order valence-corrected chi connectivity index (χ2v) is 5.13. The first-order valence-corrected chi connectivity index (χ1v) is 7.37. The van der Waals surface area contributed by atoms with Crippen molar-refractivity contribution >= 4 is 35.6 Å². The van der Waals surface area contributed by atoms with Gasteiger partial charge in [-0.25, -0.2) is 0 Å². The van der Waals surface area contributed by atoms with Gasteiger partial charge in [-0.2, -0.15) is 0 Å². The maximum absolute atomic E-state index is 5.87. The van der Waals surface area contributed by atoms with E-state index in [0.29, 0.717) is 38.2 Å². The van der Waals surface area contributed by atoms with Crippen LogP contribution in [0, 0.1) is 0 Å². The molecule has 1 aromatic rings. The van der Waals surface area contributed by atoms with Crippen LogP contribution in [-0.2, 0) is 9.47 Å². The third kappa shape index (κ3) is 9.22. The molecule has 3 N–H and O–H groups in total. The standard InChI is InChI=1S/C16H27N3O2.HI/c1-13(2)14-6-4-7-15(12-14)19-16(17)18-8-5-9-21-11-10-20-3;/h4,6-7,12-13H,5,8-11H2,1-3H3,(H3,17,18,19);1H. The van der Waals surface area contributed by atoms with Crippen molar-refractivity contribution in [2.24, 2.45) is 10.7 Å². The molecule has 1 rings (SSSR count). The second-order valence-electron chi connectivity index (χ2n) is 5.13. The molecule has 5 nitrogen and oxygen atoms in total. The maximum atomic E-state index is 5.87. The summed E-state index contributed by atoms with van der Waals surface area (Å²) in [5.74, 6) is 0.932. The second kappa shape index (κ2) is 12.7. The molecule has 0 amide bonds. The van der Waals surface area contributed by atoms with Crippen molar-refractivity contribution < 1.29 is 9.47 Å². The van der Waals surface area contributed by atoms with E-state index in [9.17, 15) is 0 Å². The van der Waals surface area contributed by atoms with Gasteiger partial charge < -0.3 is 20.5 Å². The van der Waals surface area contributed by atoms with Crippen LogP contribution in [0.2, 0.25) is 0 Å². The van der Waals surface area contributed by atoms with Gasteiger partial charge in [0.1, 0.15) is 0 Å². The van der Waals surface area contributed by atoms with Crippen LogP contribution in [0.25, 0.3) is 0 Å². The molecular formula is C16H28IN3O2. The fourth-order valence-electron chi connectivity index (χ4n) is 1.77. The third-order valence-electron chi connectivity index (χ3n) is 2.99. The van der Waals surface area contributed by atoms with Gasteiger partial charge in [0.15, 0.2) is 5.96 Å². The summed E-state index contributed by atoms with van der Waals surface area (Å²) in [4.78, 5) is 4.28. The van der Waals surface area contributed by atoms with E-state index in [2.05, 4.69) is 36.3 Å². The van der Waals surface area contributed by atoms with Crippen molar-refractivity contribution in [3.05, 3.63) is 29.8 Å². The molecule has 0 fully saturated rings. The average molecular weight is 421 g/mol. The van der Waals surface area contributed by atoms with Crippen molar-refractivity contribution in [2.45, 2.75) is 26.2 Å². The van der Waals surface area contributed by atoms with E-state index < -0.39 is 0 Å². The van der Waals surface area contributed by atoms with Crippen LogP contribution in [0.15, 0.2) is 29.3 Å². The zero-order chi connectivity index (χ0) is 15.5. The minimum Gasteiger partial charge on any atom is -0.382 e. The molecule has 0 aromatic heterocycles. The van der Waals surface area contributed by atoms with E-state index in [1.54, 1.807) is 7.11 Å². The summed E-state index contributed by atoms with van der Waals surface area (Å²) < 4.78 is 10.3. The molecule has 126 valence electrons. The maximum Gasteiger partial charge on any atom is 0.193 e. The van der Waals surface area contributed by atoms with Crippen LogP contribution in [0.1, 0.15) is 31.7 Å². The van der Waals surface area contributed by atoms with Gasteiger partial charge in [0.05, 0.1) is 13.2 Å². The minimum atomic E-state index is 0. The molecular weight excluding hydrogens is 393 g/mol. The summed E-state index contributed by atoms with van der Waals surface area (Å²) in [5, 5.41) is 3.12. The number of rotatable bonds is 9. The number of anilines is 1. The lowest BCUT2D eigenvalue weighted by molar-refractivity contribution is 0.0702. The average Bonchev–Trinajstić information content (AvgIpc) is 2.46. The number of halogens is 1. The summed E-state index contributed by atoms with van der Waals surface area (Å²) in [7, 11) is 1.66. The Kier molecular flexibility index (Phi) is 12.2. The Morgan fingerprint density at radius 3 is 2.73 bits per heavy atom. The summed E-state index contributed by atoms with van der Waals surface area (Å²) in [5.41, 5.74) is 8.12. The number of hydrogen-bond acceptors (Lipinski definition) is 3. The predicted octanol–water partition coefficient (Wildman–Crippen LogP) is 3.21. The van der Waals surface area contributed by atoms with Crippen molar-refractivity contribution in [1.82, 2.24) is 0 Å². The molecule has 0 radical (unpaired) electrons. The molecule has 0 aliphatic heterocycles. The lowest BCUT2D eigenvalue weighted by atomic mass is 10.0. The first-order chi connectivity index (χ1) is 10.1. The topological polar surface area (TPSA) is 68.9 Å². The molecule has 0 aliphatic carbocycles.